The lowest BCUT2D eigenvalue weighted by Gasteiger charge is -2.37. The van der Waals surface area contributed by atoms with Crippen LogP contribution in [-0.2, 0) is 14.4 Å². The Labute approximate surface area is 163 Å². The van der Waals surface area contributed by atoms with Crippen LogP contribution in [0.3, 0.4) is 0 Å². The number of likely N-dealkylation sites (tertiary alicyclic amines) is 1. The Hall–Kier alpha value is -1.66. The third-order valence-electron chi connectivity index (χ3n) is 6.26. The van der Waals surface area contributed by atoms with Gasteiger partial charge in [-0.05, 0) is 48.3 Å². The Morgan fingerprint density at radius 2 is 1.77 bits per heavy atom. The molecule has 1 aromatic rings. The lowest BCUT2D eigenvalue weighted by molar-refractivity contribution is -0.142. The number of benzene rings is 1. The molecule has 4 aliphatic carbocycles. The molecule has 6 atom stereocenters. The number of rotatable bonds is 3. The summed E-state index contributed by atoms with van der Waals surface area (Å²) in [6, 6.07) is 5.11. The highest BCUT2D eigenvalue weighted by atomic mass is 79.9. The lowest BCUT2D eigenvalue weighted by Crippen LogP contribution is -2.40. The summed E-state index contributed by atoms with van der Waals surface area (Å²) in [6.45, 7) is -0.258. The second-order valence-electron chi connectivity index (χ2n) is 7.59. The van der Waals surface area contributed by atoms with Crippen molar-refractivity contribution in [1.29, 1.82) is 0 Å². The van der Waals surface area contributed by atoms with Crippen molar-refractivity contribution in [3.63, 3.8) is 0 Å². The number of carbonyl (C=O) groups is 3. The maximum atomic E-state index is 12.9. The van der Waals surface area contributed by atoms with Crippen LogP contribution in [-0.4, -0.2) is 29.2 Å². The van der Waals surface area contributed by atoms with E-state index in [0.717, 1.165) is 15.8 Å². The van der Waals surface area contributed by atoms with Gasteiger partial charge in [0.25, 0.3) is 0 Å². The molecule has 1 aliphatic heterocycles. The molecule has 3 fully saturated rings. The maximum absolute atomic E-state index is 12.9. The quantitative estimate of drug-likeness (QED) is 0.586. The first-order valence-corrected chi connectivity index (χ1v) is 9.91. The van der Waals surface area contributed by atoms with Crippen LogP contribution in [0, 0.1) is 35.5 Å². The van der Waals surface area contributed by atoms with E-state index in [1.165, 1.54) is 0 Å². The first kappa shape index (κ1) is 16.5. The van der Waals surface area contributed by atoms with Gasteiger partial charge in [0, 0.05) is 4.47 Å². The molecule has 0 aromatic heterocycles. The van der Waals surface area contributed by atoms with Crippen LogP contribution in [0.15, 0.2) is 34.8 Å². The number of nitrogens with one attached hydrogen (secondary N) is 1. The predicted molar refractivity (Wildman–Crippen MR) is 99.2 cm³/mol. The van der Waals surface area contributed by atoms with E-state index < -0.39 is 5.91 Å². The number of anilines is 1. The second-order valence-corrected chi connectivity index (χ2v) is 8.91. The summed E-state index contributed by atoms with van der Waals surface area (Å²) in [5, 5.41) is 3.08. The van der Waals surface area contributed by atoms with Crippen LogP contribution in [0.25, 0.3) is 0 Å². The number of carbonyl (C=O) groups excluding carboxylic acids is 3. The normalized spacial score (nSPS) is 36.2. The smallest absolute Gasteiger partial charge is 0.244 e. The minimum absolute atomic E-state index is 0.167. The molecule has 0 spiro atoms. The van der Waals surface area contributed by atoms with Crippen molar-refractivity contribution >= 4 is 50.9 Å². The molecule has 134 valence electrons. The molecule has 1 heterocycles. The molecule has 0 unspecified atom stereocenters. The molecular formula is C19H16BrClN2O3. The fourth-order valence-electron chi connectivity index (χ4n) is 5.10. The highest BCUT2D eigenvalue weighted by Crippen LogP contribution is 2.65. The number of hydrogen-bond donors (Lipinski definition) is 1. The van der Waals surface area contributed by atoms with E-state index in [1.807, 2.05) is 0 Å². The summed E-state index contributed by atoms with van der Waals surface area (Å²) in [4.78, 5) is 39.3. The Morgan fingerprint density at radius 3 is 2.35 bits per heavy atom. The van der Waals surface area contributed by atoms with Gasteiger partial charge in [-0.3, -0.25) is 19.3 Å². The van der Waals surface area contributed by atoms with Crippen molar-refractivity contribution in [3.8, 4) is 0 Å². The average Bonchev–Trinajstić information content (AvgIpc) is 3.39. The zero-order valence-electron chi connectivity index (χ0n) is 13.7. The number of nitrogens with zero attached hydrogens (tertiary/aromatic N) is 1. The molecule has 1 N–H and O–H groups in total. The standard InChI is InChI=1S/C19H16BrClN2O3/c20-8-1-4-14(13(21)5-8)22-15(24)7-23-18(25)16-9-2-3-10(12-6-11(9)12)17(16)19(23)26/h1-5,9-12,16-17H,6-7H2,(H,22,24)/t9-,10-,11-,12-,16+,17+/m1/s1. The van der Waals surface area contributed by atoms with Gasteiger partial charge in [0.15, 0.2) is 0 Å². The molecule has 5 aliphatic rings. The van der Waals surface area contributed by atoms with Gasteiger partial charge >= 0.3 is 0 Å². The molecule has 0 radical (unpaired) electrons. The Kier molecular flexibility index (Phi) is 3.60. The van der Waals surface area contributed by atoms with Crippen LogP contribution in [0.4, 0.5) is 5.69 Å². The van der Waals surface area contributed by atoms with E-state index >= 15 is 0 Å². The molecule has 2 bridgehead atoms. The molecular weight excluding hydrogens is 420 g/mol. The minimum Gasteiger partial charge on any atom is -0.323 e. The van der Waals surface area contributed by atoms with Gasteiger partial charge < -0.3 is 5.32 Å². The first-order valence-electron chi connectivity index (χ1n) is 8.74. The molecule has 26 heavy (non-hydrogen) atoms. The van der Waals surface area contributed by atoms with E-state index in [9.17, 15) is 14.4 Å². The number of hydrogen-bond acceptors (Lipinski definition) is 3. The van der Waals surface area contributed by atoms with E-state index in [-0.39, 0.29) is 42.0 Å². The Balaban J connectivity index is 1.33. The van der Waals surface area contributed by atoms with Crippen LogP contribution < -0.4 is 5.32 Å². The lowest BCUT2D eigenvalue weighted by atomic mass is 9.63. The zero-order chi connectivity index (χ0) is 18.2. The van der Waals surface area contributed by atoms with Gasteiger partial charge in [0.2, 0.25) is 17.7 Å². The van der Waals surface area contributed by atoms with E-state index in [0.29, 0.717) is 22.5 Å². The predicted octanol–water partition coefficient (Wildman–Crippen LogP) is 3.09. The number of allylic oxidation sites excluding steroid dienone is 2. The largest absolute Gasteiger partial charge is 0.323 e. The average molecular weight is 436 g/mol. The summed E-state index contributed by atoms with van der Waals surface area (Å²) in [7, 11) is 0. The molecule has 6 rings (SSSR count). The van der Waals surface area contributed by atoms with Crippen LogP contribution in [0.1, 0.15) is 6.42 Å². The summed E-state index contributed by atoms with van der Waals surface area (Å²) in [5.74, 6) is 0.0942. The van der Waals surface area contributed by atoms with Crippen molar-refractivity contribution in [2.45, 2.75) is 6.42 Å². The third-order valence-corrected chi connectivity index (χ3v) is 7.07. The molecule has 1 saturated heterocycles. The van der Waals surface area contributed by atoms with Gasteiger partial charge in [0.1, 0.15) is 6.54 Å². The molecule has 5 nitrogen and oxygen atoms in total. The van der Waals surface area contributed by atoms with Crippen molar-refractivity contribution < 1.29 is 14.4 Å². The van der Waals surface area contributed by atoms with E-state index in [1.54, 1.807) is 18.2 Å². The van der Waals surface area contributed by atoms with Gasteiger partial charge in [-0.2, -0.15) is 0 Å². The Morgan fingerprint density at radius 1 is 1.15 bits per heavy atom. The number of imide groups is 1. The summed E-state index contributed by atoms with van der Waals surface area (Å²) < 4.78 is 0.802. The fourth-order valence-corrected chi connectivity index (χ4v) is 5.82. The number of halogens is 2. The fraction of sp³-hybridized carbons (Fsp3) is 0.421. The maximum Gasteiger partial charge on any atom is 0.244 e. The monoisotopic (exact) mass is 434 g/mol. The first-order chi connectivity index (χ1) is 12.5. The number of amides is 3. The summed E-state index contributed by atoms with van der Waals surface area (Å²) in [6.07, 6.45) is 5.37. The molecule has 7 heteroatoms. The van der Waals surface area contributed by atoms with Crippen molar-refractivity contribution in [2.24, 2.45) is 35.5 Å². The van der Waals surface area contributed by atoms with Crippen molar-refractivity contribution in [2.75, 3.05) is 11.9 Å². The summed E-state index contributed by atoms with van der Waals surface area (Å²) in [5.41, 5.74) is 0.458. The third kappa shape index (κ3) is 2.31. The van der Waals surface area contributed by atoms with E-state index in [2.05, 4.69) is 33.4 Å². The van der Waals surface area contributed by atoms with Crippen LogP contribution in [0.5, 0.6) is 0 Å². The topological polar surface area (TPSA) is 66.5 Å². The van der Waals surface area contributed by atoms with Gasteiger partial charge in [-0.25, -0.2) is 0 Å². The van der Waals surface area contributed by atoms with E-state index in [4.69, 9.17) is 11.6 Å². The second kappa shape index (κ2) is 5.67. The summed E-state index contributed by atoms with van der Waals surface area (Å²) >= 11 is 9.42. The Bertz CT molecular complexity index is 850. The minimum atomic E-state index is -0.417. The van der Waals surface area contributed by atoms with Crippen molar-refractivity contribution in [3.05, 3.63) is 39.8 Å². The molecule has 2 saturated carbocycles. The zero-order valence-corrected chi connectivity index (χ0v) is 16.0. The van der Waals surface area contributed by atoms with Gasteiger partial charge in [-0.15, -0.1) is 0 Å². The van der Waals surface area contributed by atoms with Crippen LogP contribution >= 0.6 is 27.5 Å². The van der Waals surface area contributed by atoms with Crippen LogP contribution in [0.2, 0.25) is 5.02 Å². The van der Waals surface area contributed by atoms with Gasteiger partial charge in [-0.1, -0.05) is 39.7 Å². The highest BCUT2D eigenvalue weighted by Gasteiger charge is 2.67. The molecule has 1 aromatic carbocycles. The SMILES string of the molecule is O=C(CN1C(=O)[C@H]2[C@@H]3C=C[C@H]([C@H]4C[C@H]34)[C@@H]2C1=O)Nc1ccc(Br)cc1Cl. The molecule has 3 amide bonds. The van der Waals surface area contributed by atoms with Crippen molar-refractivity contribution in [1.82, 2.24) is 4.90 Å². The highest BCUT2D eigenvalue weighted by molar-refractivity contribution is 9.10. The van der Waals surface area contributed by atoms with Gasteiger partial charge in [0.05, 0.1) is 22.5 Å².